The second-order valence-electron chi connectivity index (χ2n) is 4.91. The van der Waals surface area contributed by atoms with Gasteiger partial charge in [-0.2, -0.15) is 0 Å². The highest BCUT2D eigenvalue weighted by atomic mass is 79.9. The first-order chi connectivity index (χ1) is 9.29. The minimum absolute atomic E-state index is 0.117. The van der Waals surface area contributed by atoms with E-state index in [1.165, 1.54) is 18.9 Å². The van der Waals surface area contributed by atoms with Crippen LogP contribution in [0.15, 0.2) is 21.5 Å². The molecule has 0 atom stereocenters. The predicted molar refractivity (Wildman–Crippen MR) is 79.5 cm³/mol. The summed E-state index contributed by atoms with van der Waals surface area (Å²) in [6.07, 6.45) is 3.26. The van der Waals surface area contributed by atoms with Crippen LogP contribution in [0.3, 0.4) is 0 Å². The van der Waals surface area contributed by atoms with E-state index in [2.05, 4.69) is 15.9 Å². The normalized spacial score (nSPS) is 15.2. The number of aryl methyl sites for hydroxylation is 1. The van der Waals surface area contributed by atoms with Crippen LogP contribution in [0.4, 0.5) is 0 Å². The lowest BCUT2D eigenvalue weighted by molar-refractivity contribution is 0.0494. The summed E-state index contributed by atoms with van der Waals surface area (Å²) in [5, 5.41) is 0. The van der Waals surface area contributed by atoms with E-state index in [0.29, 0.717) is 22.6 Å². The number of benzene rings is 1. The quantitative estimate of drug-likeness (QED) is 0.577. The van der Waals surface area contributed by atoms with Gasteiger partial charge >= 0.3 is 5.97 Å². The van der Waals surface area contributed by atoms with Gasteiger partial charge in [-0.15, -0.1) is 0 Å². The van der Waals surface area contributed by atoms with Gasteiger partial charge < -0.3 is 4.74 Å². The van der Waals surface area contributed by atoms with Crippen LogP contribution in [0.2, 0.25) is 0 Å². The molecule has 0 heterocycles. The molecule has 1 aromatic rings. The summed E-state index contributed by atoms with van der Waals surface area (Å²) in [7, 11) is 1.44. The SMILES string of the molecule is Cc1cc(C(=O)OCCC2CC2)cc(S(=O)(=O)Cl)c1Br. The lowest BCUT2D eigenvalue weighted by Gasteiger charge is -2.09. The topological polar surface area (TPSA) is 60.4 Å². The van der Waals surface area contributed by atoms with Crippen molar-refractivity contribution in [3.05, 3.63) is 27.7 Å². The number of carbonyl (C=O) groups excluding carboxylic acids is 1. The molecule has 0 amide bonds. The van der Waals surface area contributed by atoms with E-state index in [1.54, 1.807) is 13.0 Å². The van der Waals surface area contributed by atoms with Crippen molar-refractivity contribution in [1.82, 2.24) is 0 Å². The molecule has 1 saturated carbocycles. The zero-order chi connectivity index (χ0) is 14.9. The summed E-state index contributed by atoms with van der Waals surface area (Å²) < 4.78 is 28.5. The third kappa shape index (κ3) is 3.96. The molecule has 0 saturated heterocycles. The Morgan fingerprint density at radius 1 is 1.45 bits per heavy atom. The van der Waals surface area contributed by atoms with Crippen LogP contribution in [0, 0.1) is 12.8 Å². The van der Waals surface area contributed by atoms with Crippen molar-refractivity contribution in [3.8, 4) is 0 Å². The van der Waals surface area contributed by atoms with Crippen LogP contribution in [0.1, 0.15) is 35.2 Å². The molecule has 0 unspecified atom stereocenters. The van der Waals surface area contributed by atoms with Gasteiger partial charge in [-0.05, 0) is 52.9 Å². The maximum absolute atomic E-state index is 11.9. The minimum atomic E-state index is -3.92. The van der Waals surface area contributed by atoms with E-state index < -0.39 is 15.0 Å². The van der Waals surface area contributed by atoms with Gasteiger partial charge in [0.05, 0.1) is 17.1 Å². The average molecular weight is 382 g/mol. The Morgan fingerprint density at radius 3 is 2.65 bits per heavy atom. The standard InChI is InChI=1S/C13H14BrClO4S/c1-8-6-10(7-11(12(8)14)20(15,17)18)13(16)19-5-4-9-2-3-9/h6-7,9H,2-5H2,1H3. The zero-order valence-corrected chi connectivity index (χ0v) is 14.0. The first-order valence-electron chi connectivity index (χ1n) is 6.21. The fourth-order valence-electron chi connectivity index (χ4n) is 1.84. The number of hydrogen-bond donors (Lipinski definition) is 0. The van der Waals surface area contributed by atoms with Gasteiger partial charge in [-0.25, -0.2) is 13.2 Å². The second kappa shape index (κ2) is 6.03. The molecule has 0 aromatic heterocycles. The van der Waals surface area contributed by atoms with E-state index in [0.717, 1.165) is 6.42 Å². The predicted octanol–water partition coefficient (Wildman–Crippen LogP) is 3.64. The van der Waals surface area contributed by atoms with Crippen LogP contribution in [-0.2, 0) is 13.8 Å². The molecular formula is C13H14BrClO4S. The van der Waals surface area contributed by atoms with E-state index in [-0.39, 0.29) is 10.5 Å². The summed E-state index contributed by atoms with van der Waals surface area (Å²) in [6.45, 7) is 2.05. The molecule has 7 heteroatoms. The molecule has 2 rings (SSSR count). The van der Waals surface area contributed by atoms with E-state index in [9.17, 15) is 13.2 Å². The highest BCUT2D eigenvalue weighted by Gasteiger charge is 2.23. The van der Waals surface area contributed by atoms with Gasteiger partial charge in [0.15, 0.2) is 0 Å². The molecule has 1 aliphatic carbocycles. The molecule has 0 radical (unpaired) electrons. The molecule has 1 aromatic carbocycles. The molecule has 1 fully saturated rings. The zero-order valence-electron chi connectivity index (χ0n) is 10.9. The summed E-state index contributed by atoms with van der Waals surface area (Å²) in [5.41, 5.74) is 0.807. The Bertz CT molecular complexity index is 638. The maximum Gasteiger partial charge on any atom is 0.338 e. The molecule has 20 heavy (non-hydrogen) atoms. The van der Waals surface area contributed by atoms with E-state index in [4.69, 9.17) is 15.4 Å². The Kier molecular flexibility index (Phi) is 4.76. The van der Waals surface area contributed by atoms with Crippen LogP contribution in [0.5, 0.6) is 0 Å². The van der Waals surface area contributed by atoms with Gasteiger partial charge in [0, 0.05) is 15.2 Å². The van der Waals surface area contributed by atoms with Crippen molar-refractivity contribution < 1.29 is 17.9 Å². The smallest absolute Gasteiger partial charge is 0.338 e. The summed E-state index contributed by atoms with van der Waals surface area (Å²) in [4.78, 5) is 11.8. The Hall–Kier alpha value is -0.590. The maximum atomic E-state index is 11.9. The molecule has 110 valence electrons. The van der Waals surface area contributed by atoms with Crippen LogP contribution >= 0.6 is 26.6 Å². The van der Waals surface area contributed by atoms with Crippen molar-refractivity contribution in [1.29, 1.82) is 0 Å². The number of halogens is 2. The van der Waals surface area contributed by atoms with Gasteiger partial charge in [-0.3, -0.25) is 0 Å². The van der Waals surface area contributed by atoms with Crippen LogP contribution in [0.25, 0.3) is 0 Å². The molecule has 0 N–H and O–H groups in total. The number of esters is 1. The van der Waals surface area contributed by atoms with Crippen molar-refractivity contribution in [2.75, 3.05) is 6.61 Å². The molecule has 0 spiro atoms. The highest BCUT2D eigenvalue weighted by molar-refractivity contribution is 9.10. The third-order valence-electron chi connectivity index (χ3n) is 3.18. The van der Waals surface area contributed by atoms with Crippen molar-refractivity contribution in [2.24, 2.45) is 5.92 Å². The minimum Gasteiger partial charge on any atom is -0.462 e. The van der Waals surface area contributed by atoms with Crippen LogP contribution in [-0.4, -0.2) is 21.0 Å². The first-order valence-corrected chi connectivity index (χ1v) is 9.31. The van der Waals surface area contributed by atoms with Gasteiger partial charge in [0.2, 0.25) is 0 Å². The number of rotatable bonds is 5. The van der Waals surface area contributed by atoms with Gasteiger partial charge in [0.1, 0.15) is 0 Å². The first kappa shape index (κ1) is 15.8. The molecule has 4 nitrogen and oxygen atoms in total. The summed E-state index contributed by atoms with van der Waals surface area (Å²) in [5.74, 6) is 0.149. The molecular weight excluding hydrogens is 368 g/mol. The summed E-state index contributed by atoms with van der Waals surface area (Å²) in [6, 6.07) is 2.81. The lowest BCUT2D eigenvalue weighted by Crippen LogP contribution is -2.09. The average Bonchev–Trinajstić information content (AvgIpc) is 3.14. The van der Waals surface area contributed by atoms with Gasteiger partial charge in [0.25, 0.3) is 9.05 Å². The third-order valence-corrected chi connectivity index (χ3v) is 5.84. The summed E-state index contributed by atoms with van der Waals surface area (Å²) >= 11 is 3.16. The van der Waals surface area contributed by atoms with Crippen LogP contribution < -0.4 is 0 Å². The van der Waals surface area contributed by atoms with Crippen molar-refractivity contribution in [3.63, 3.8) is 0 Å². The largest absolute Gasteiger partial charge is 0.462 e. The fraction of sp³-hybridized carbons (Fsp3) is 0.462. The monoisotopic (exact) mass is 380 g/mol. The Morgan fingerprint density at radius 2 is 2.10 bits per heavy atom. The second-order valence-corrected chi connectivity index (χ2v) is 8.24. The fourth-order valence-corrected chi connectivity index (χ4v) is 4.00. The van der Waals surface area contributed by atoms with Gasteiger partial charge in [-0.1, -0.05) is 12.8 Å². The highest BCUT2D eigenvalue weighted by Crippen LogP contribution is 2.32. The van der Waals surface area contributed by atoms with Crippen molar-refractivity contribution in [2.45, 2.75) is 31.1 Å². The van der Waals surface area contributed by atoms with E-state index in [1.807, 2.05) is 0 Å². The van der Waals surface area contributed by atoms with Crippen molar-refractivity contribution >= 4 is 41.6 Å². The molecule has 1 aliphatic rings. The molecule has 0 aliphatic heterocycles. The van der Waals surface area contributed by atoms with E-state index >= 15 is 0 Å². The molecule has 0 bridgehead atoms. The number of hydrogen-bond acceptors (Lipinski definition) is 4. The lowest BCUT2D eigenvalue weighted by atomic mass is 10.1. The number of carbonyl (C=O) groups is 1. The number of ether oxygens (including phenoxy) is 1. The Labute approximate surface area is 131 Å². The Balaban J connectivity index is 2.18.